The minimum absolute atomic E-state index is 0.0576. The molecule has 6 aliphatic rings. The van der Waals surface area contributed by atoms with E-state index in [9.17, 15) is 4.79 Å². The lowest BCUT2D eigenvalue weighted by molar-refractivity contribution is -0.129. The van der Waals surface area contributed by atoms with Gasteiger partial charge in [-0.3, -0.25) is 9.69 Å². The van der Waals surface area contributed by atoms with Crippen LogP contribution in [0.15, 0.2) is 11.1 Å². The number of hydrogen-bond acceptors (Lipinski definition) is 3. The molecule has 5 fully saturated rings. The third kappa shape index (κ3) is 3.30. The third-order valence-electron chi connectivity index (χ3n) is 12.0. The average molecular weight is 454 g/mol. The molecule has 3 nitrogen and oxygen atoms in total. The fourth-order valence-electron chi connectivity index (χ4n) is 10.2. The van der Waals surface area contributed by atoms with Crippen LogP contribution >= 0.6 is 0 Å². The Labute approximate surface area is 202 Å². The molecule has 2 saturated heterocycles. The molecule has 0 radical (unpaired) electrons. The second-order valence-corrected chi connectivity index (χ2v) is 13.6. The molecule has 2 aliphatic heterocycles. The summed E-state index contributed by atoms with van der Waals surface area (Å²) in [7, 11) is 0. The van der Waals surface area contributed by atoms with Crippen molar-refractivity contribution in [2.45, 2.75) is 129 Å². The molecule has 9 atom stereocenters. The molecule has 33 heavy (non-hydrogen) atoms. The first-order valence-electron chi connectivity index (χ1n) is 14.4. The van der Waals surface area contributed by atoms with Crippen molar-refractivity contribution in [3.8, 4) is 0 Å². The number of nitrogens with zero attached hydrogens (tertiary/aromatic N) is 1. The Morgan fingerprint density at radius 1 is 1.09 bits per heavy atom. The molecule has 3 heteroatoms. The van der Waals surface area contributed by atoms with Crippen LogP contribution in [0.3, 0.4) is 0 Å². The molecule has 6 rings (SSSR count). The van der Waals surface area contributed by atoms with Crippen molar-refractivity contribution in [2.24, 2.45) is 35.0 Å². The number of piperidine rings is 1. The van der Waals surface area contributed by atoms with E-state index >= 15 is 0 Å². The quantitative estimate of drug-likeness (QED) is 0.421. The summed E-state index contributed by atoms with van der Waals surface area (Å²) in [6, 6.07) is 1.22. The van der Waals surface area contributed by atoms with Crippen molar-refractivity contribution in [2.75, 3.05) is 6.54 Å². The Balaban J connectivity index is 1.28. The summed E-state index contributed by atoms with van der Waals surface area (Å²) in [6.45, 7) is 13.6. The molecule has 184 valence electrons. The van der Waals surface area contributed by atoms with Gasteiger partial charge in [-0.05, 0) is 114 Å². The molecule has 9 unspecified atom stereocenters. The molecule has 0 aromatic carbocycles. The number of rotatable bonds is 1. The second kappa shape index (κ2) is 7.92. The van der Waals surface area contributed by atoms with Crippen molar-refractivity contribution in [1.82, 2.24) is 4.90 Å². The van der Waals surface area contributed by atoms with Gasteiger partial charge in [0.25, 0.3) is 0 Å². The van der Waals surface area contributed by atoms with Gasteiger partial charge in [0.1, 0.15) is 5.78 Å². The van der Waals surface area contributed by atoms with Crippen molar-refractivity contribution < 1.29 is 9.53 Å². The predicted molar refractivity (Wildman–Crippen MR) is 133 cm³/mol. The fraction of sp³-hybridized carbons (Fsp3) is 0.900. The van der Waals surface area contributed by atoms with E-state index in [4.69, 9.17) is 4.74 Å². The van der Waals surface area contributed by atoms with Crippen molar-refractivity contribution in [1.29, 1.82) is 0 Å². The lowest BCUT2D eigenvalue weighted by Gasteiger charge is -2.52. The molecule has 0 aromatic heterocycles. The largest absolute Gasteiger partial charge is 0.369 e. The molecule has 1 spiro atoms. The molecule has 4 aliphatic carbocycles. The number of fused-ring (bicyclic) bond motifs is 6. The first-order chi connectivity index (χ1) is 15.7. The zero-order valence-corrected chi connectivity index (χ0v) is 21.9. The predicted octanol–water partition coefficient (Wildman–Crippen LogP) is 6.55. The highest BCUT2D eigenvalue weighted by Crippen LogP contribution is 2.65. The van der Waals surface area contributed by atoms with Crippen molar-refractivity contribution >= 4 is 5.78 Å². The van der Waals surface area contributed by atoms with E-state index in [2.05, 4.69) is 39.5 Å². The normalized spacial score (nSPS) is 50.2. The maximum atomic E-state index is 12.2. The van der Waals surface area contributed by atoms with E-state index in [1.165, 1.54) is 51.5 Å². The number of carbonyl (C=O) groups excluding carboxylic acids is 1. The summed E-state index contributed by atoms with van der Waals surface area (Å²) in [6.07, 6.45) is 13.5. The maximum Gasteiger partial charge on any atom is 0.133 e. The van der Waals surface area contributed by atoms with Crippen LogP contribution in [-0.4, -0.2) is 41.0 Å². The van der Waals surface area contributed by atoms with Gasteiger partial charge in [-0.2, -0.15) is 0 Å². The highest BCUT2D eigenvalue weighted by molar-refractivity contribution is 5.79. The molecule has 0 amide bonds. The first kappa shape index (κ1) is 22.8. The Kier molecular flexibility index (Phi) is 5.46. The van der Waals surface area contributed by atoms with E-state index in [0.717, 1.165) is 43.4 Å². The van der Waals surface area contributed by atoms with Crippen LogP contribution in [0.4, 0.5) is 0 Å². The SMILES string of the molecule is CC1=C2CC3C(CCC4CC(=O)CCC43C)C2CCC2(C1)OC1CCCN(C(C)C)C1C2C. The molecule has 0 bridgehead atoms. The van der Waals surface area contributed by atoms with Crippen LogP contribution in [0.1, 0.15) is 105 Å². The van der Waals surface area contributed by atoms with Crippen LogP contribution in [-0.2, 0) is 9.53 Å². The topological polar surface area (TPSA) is 29.5 Å². The lowest BCUT2D eigenvalue weighted by atomic mass is 9.52. The third-order valence-corrected chi connectivity index (χ3v) is 12.0. The average Bonchev–Trinajstić information content (AvgIpc) is 3.25. The minimum Gasteiger partial charge on any atom is -0.369 e. The Hall–Kier alpha value is -0.670. The zero-order chi connectivity index (χ0) is 23.1. The van der Waals surface area contributed by atoms with Gasteiger partial charge in [0.05, 0.1) is 11.7 Å². The van der Waals surface area contributed by atoms with Gasteiger partial charge in [-0.1, -0.05) is 25.0 Å². The number of hydrogen-bond donors (Lipinski definition) is 0. The Bertz CT molecular complexity index is 846. The van der Waals surface area contributed by atoms with E-state index < -0.39 is 0 Å². The van der Waals surface area contributed by atoms with Gasteiger partial charge >= 0.3 is 0 Å². The number of ketones is 1. The summed E-state index contributed by atoms with van der Waals surface area (Å²) >= 11 is 0. The molecule has 2 heterocycles. The van der Waals surface area contributed by atoms with Gasteiger partial charge in [-0.15, -0.1) is 0 Å². The van der Waals surface area contributed by atoms with Gasteiger partial charge in [0, 0.05) is 30.8 Å². The standard InChI is InChI=1S/C30H47NO2/c1-18(2)31-14-6-7-27-28(31)20(4)30(33-27)13-11-23-24-9-8-21-15-22(32)10-12-29(21,5)26(24)16-25(23)19(3)17-30/h18,20-21,23-24,26-28H,6-17H2,1-5H3. The summed E-state index contributed by atoms with van der Waals surface area (Å²) in [5.74, 6) is 4.25. The van der Waals surface area contributed by atoms with Gasteiger partial charge in [0.15, 0.2) is 0 Å². The van der Waals surface area contributed by atoms with E-state index in [1.807, 2.05) is 5.57 Å². The molecular weight excluding hydrogens is 406 g/mol. The number of Topliss-reactive ketones (excluding diaryl/α,β-unsaturated/α-hetero) is 1. The Morgan fingerprint density at radius 3 is 2.70 bits per heavy atom. The van der Waals surface area contributed by atoms with Crippen molar-refractivity contribution in [3.05, 3.63) is 11.1 Å². The Morgan fingerprint density at radius 2 is 1.91 bits per heavy atom. The molecule has 3 saturated carbocycles. The number of ether oxygens (including phenoxy) is 1. The molecule has 0 N–H and O–H groups in total. The van der Waals surface area contributed by atoms with Gasteiger partial charge < -0.3 is 4.74 Å². The highest BCUT2D eigenvalue weighted by atomic mass is 16.5. The van der Waals surface area contributed by atoms with Crippen LogP contribution in [0.2, 0.25) is 0 Å². The number of allylic oxidation sites excluding steroid dienone is 1. The summed E-state index contributed by atoms with van der Waals surface area (Å²) in [5.41, 5.74) is 3.97. The van der Waals surface area contributed by atoms with Crippen LogP contribution < -0.4 is 0 Å². The smallest absolute Gasteiger partial charge is 0.133 e. The first-order valence-corrected chi connectivity index (χ1v) is 14.4. The highest BCUT2D eigenvalue weighted by Gasteiger charge is 2.60. The summed E-state index contributed by atoms with van der Waals surface area (Å²) in [4.78, 5) is 15.0. The fourth-order valence-corrected chi connectivity index (χ4v) is 10.2. The van der Waals surface area contributed by atoms with Gasteiger partial charge in [0.2, 0.25) is 0 Å². The van der Waals surface area contributed by atoms with Crippen molar-refractivity contribution in [3.63, 3.8) is 0 Å². The summed E-state index contributed by atoms with van der Waals surface area (Å²) < 4.78 is 7.14. The van der Waals surface area contributed by atoms with E-state index in [1.54, 1.807) is 5.57 Å². The maximum absolute atomic E-state index is 12.2. The molecular formula is C30H47NO2. The second-order valence-electron chi connectivity index (χ2n) is 13.6. The summed E-state index contributed by atoms with van der Waals surface area (Å²) in [5, 5.41) is 0. The zero-order valence-electron chi connectivity index (χ0n) is 21.9. The van der Waals surface area contributed by atoms with Gasteiger partial charge in [-0.25, -0.2) is 0 Å². The molecule has 0 aromatic rings. The van der Waals surface area contributed by atoms with E-state index in [0.29, 0.717) is 41.2 Å². The lowest BCUT2D eigenvalue weighted by Crippen LogP contribution is -2.52. The van der Waals surface area contributed by atoms with Crippen LogP contribution in [0.5, 0.6) is 0 Å². The monoisotopic (exact) mass is 453 g/mol. The van der Waals surface area contributed by atoms with Crippen LogP contribution in [0.25, 0.3) is 0 Å². The van der Waals surface area contributed by atoms with E-state index in [-0.39, 0.29) is 5.60 Å². The minimum atomic E-state index is 0.0576. The van der Waals surface area contributed by atoms with Crippen LogP contribution in [0, 0.1) is 35.0 Å². The number of likely N-dealkylation sites (tertiary alicyclic amines) is 1. The number of carbonyl (C=O) groups is 1.